The zero-order valence-electron chi connectivity index (χ0n) is 12.1. The summed E-state index contributed by atoms with van der Waals surface area (Å²) in [4.78, 5) is 20.3. The predicted molar refractivity (Wildman–Crippen MR) is 85.7 cm³/mol. The molecular weight excluding hydrogens is 298 g/mol. The normalized spacial score (nSPS) is 10.6. The van der Waals surface area contributed by atoms with Gasteiger partial charge in [0.25, 0.3) is 0 Å². The van der Waals surface area contributed by atoms with Gasteiger partial charge in [-0.1, -0.05) is 6.07 Å². The van der Waals surface area contributed by atoms with Crippen LogP contribution in [-0.4, -0.2) is 15.9 Å². The van der Waals surface area contributed by atoms with Gasteiger partial charge in [-0.25, -0.2) is 4.98 Å². The van der Waals surface area contributed by atoms with E-state index in [-0.39, 0.29) is 5.91 Å². The van der Waals surface area contributed by atoms with E-state index < -0.39 is 0 Å². The van der Waals surface area contributed by atoms with Crippen molar-refractivity contribution >= 4 is 22.4 Å². The molecule has 0 aliphatic heterocycles. The summed E-state index contributed by atoms with van der Waals surface area (Å²) >= 11 is 1.39. The molecule has 22 heavy (non-hydrogen) atoms. The number of aryl methyl sites for hydroxylation is 2. The van der Waals surface area contributed by atoms with Gasteiger partial charge in [0.05, 0.1) is 0 Å². The van der Waals surface area contributed by atoms with E-state index in [0.29, 0.717) is 23.7 Å². The van der Waals surface area contributed by atoms with Crippen LogP contribution in [0.1, 0.15) is 17.7 Å². The van der Waals surface area contributed by atoms with Crippen molar-refractivity contribution in [1.82, 2.24) is 9.97 Å². The minimum Gasteiger partial charge on any atom is -0.460 e. The monoisotopic (exact) mass is 313 g/mol. The molecule has 3 heterocycles. The third-order valence-electron chi connectivity index (χ3n) is 3.11. The fourth-order valence-corrected chi connectivity index (χ4v) is 2.72. The molecule has 112 valence electrons. The Kier molecular flexibility index (Phi) is 4.29. The first-order valence-corrected chi connectivity index (χ1v) is 7.80. The molecule has 0 saturated carbocycles. The van der Waals surface area contributed by atoms with Crippen molar-refractivity contribution in [2.45, 2.75) is 19.8 Å². The molecule has 0 aromatic carbocycles. The number of aromatic nitrogens is 2. The summed E-state index contributed by atoms with van der Waals surface area (Å²) in [6.07, 6.45) is 4.56. The third-order valence-corrected chi connectivity index (χ3v) is 3.86. The zero-order valence-corrected chi connectivity index (χ0v) is 12.9. The topological polar surface area (TPSA) is 68.0 Å². The summed E-state index contributed by atoms with van der Waals surface area (Å²) in [5.41, 5.74) is 1.78. The highest BCUT2D eigenvalue weighted by Crippen LogP contribution is 2.26. The summed E-state index contributed by atoms with van der Waals surface area (Å²) in [6, 6.07) is 7.59. The number of pyridine rings is 1. The Bertz CT molecular complexity index is 765. The van der Waals surface area contributed by atoms with Crippen LogP contribution in [0.4, 0.5) is 5.13 Å². The lowest BCUT2D eigenvalue weighted by Gasteiger charge is -2.01. The number of carbonyl (C=O) groups excluding carboxylic acids is 1. The molecule has 0 fully saturated rings. The highest BCUT2D eigenvalue weighted by atomic mass is 32.1. The van der Waals surface area contributed by atoms with Gasteiger partial charge in [0, 0.05) is 24.2 Å². The Balaban J connectivity index is 1.57. The first-order valence-electron chi connectivity index (χ1n) is 6.92. The van der Waals surface area contributed by atoms with Gasteiger partial charge in [-0.05, 0) is 37.1 Å². The van der Waals surface area contributed by atoms with Crippen molar-refractivity contribution in [3.8, 4) is 11.5 Å². The van der Waals surface area contributed by atoms with Crippen LogP contribution in [0.3, 0.4) is 0 Å². The fraction of sp³-hybridized carbons (Fsp3) is 0.188. The first kappa shape index (κ1) is 14.5. The van der Waals surface area contributed by atoms with Gasteiger partial charge in [-0.15, -0.1) is 11.3 Å². The van der Waals surface area contributed by atoms with Crippen LogP contribution in [-0.2, 0) is 11.2 Å². The highest BCUT2D eigenvalue weighted by molar-refractivity contribution is 7.14. The average Bonchev–Trinajstić information content (AvgIpc) is 3.15. The predicted octanol–water partition coefficient (Wildman–Crippen LogP) is 3.68. The maximum absolute atomic E-state index is 11.9. The quantitative estimate of drug-likeness (QED) is 0.780. The lowest BCUT2D eigenvalue weighted by atomic mass is 10.1. The molecule has 0 radical (unpaired) electrons. The molecule has 3 aromatic rings. The molecule has 3 rings (SSSR count). The van der Waals surface area contributed by atoms with Crippen LogP contribution in [0, 0.1) is 6.92 Å². The number of rotatable bonds is 5. The van der Waals surface area contributed by atoms with Crippen LogP contribution in [0.15, 0.2) is 46.5 Å². The number of nitrogens with one attached hydrogen (secondary N) is 1. The van der Waals surface area contributed by atoms with Crippen molar-refractivity contribution in [1.29, 1.82) is 0 Å². The molecule has 3 aromatic heterocycles. The summed E-state index contributed by atoms with van der Waals surface area (Å²) in [6.45, 7) is 1.89. The molecule has 0 unspecified atom stereocenters. The zero-order chi connectivity index (χ0) is 15.4. The van der Waals surface area contributed by atoms with E-state index in [1.54, 1.807) is 12.4 Å². The molecule has 6 heteroatoms. The van der Waals surface area contributed by atoms with Crippen LogP contribution in [0.5, 0.6) is 0 Å². The molecule has 0 spiro atoms. The minimum atomic E-state index is -0.0552. The number of amides is 1. The lowest BCUT2D eigenvalue weighted by molar-refractivity contribution is -0.116. The van der Waals surface area contributed by atoms with Crippen molar-refractivity contribution in [2.24, 2.45) is 0 Å². The van der Waals surface area contributed by atoms with Crippen molar-refractivity contribution in [3.05, 3.63) is 53.4 Å². The van der Waals surface area contributed by atoms with Crippen molar-refractivity contribution in [3.63, 3.8) is 0 Å². The SMILES string of the molecule is Cc1ccc(-c2csc(NC(=O)CCc3cccnc3)n2)o1. The Morgan fingerprint density at radius 1 is 1.36 bits per heavy atom. The van der Waals surface area contributed by atoms with E-state index >= 15 is 0 Å². The molecular formula is C16H15N3O2S. The number of hydrogen-bond acceptors (Lipinski definition) is 5. The van der Waals surface area contributed by atoms with Gasteiger partial charge in [0.2, 0.25) is 5.91 Å². The molecule has 0 bridgehead atoms. The summed E-state index contributed by atoms with van der Waals surface area (Å²) in [7, 11) is 0. The second kappa shape index (κ2) is 6.53. The summed E-state index contributed by atoms with van der Waals surface area (Å²) in [5.74, 6) is 1.50. The number of thiazole rings is 1. The van der Waals surface area contributed by atoms with Gasteiger partial charge in [0.15, 0.2) is 10.9 Å². The summed E-state index contributed by atoms with van der Waals surface area (Å²) in [5, 5.41) is 5.27. The van der Waals surface area contributed by atoms with Crippen LogP contribution in [0.25, 0.3) is 11.5 Å². The number of hydrogen-bond donors (Lipinski definition) is 1. The van der Waals surface area contributed by atoms with Crippen molar-refractivity contribution in [2.75, 3.05) is 5.32 Å². The maximum atomic E-state index is 11.9. The van der Waals surface area contributed by atoms with E-state index in [2.05, 4.69) is 15.3 Å². The second-order valence-corrected chi connectivity index (χ2v) is 5.72. The van der Waals surface area contributed by atoms with E-state index in [0.717, 1.165) is 17.0 Å². The van der Waals surface area contributed by atoms with Crippen LogP contribution >= 0.6 is 11.3 Å². The van der Waals surface area contributed by atoms with Gasteiger partial charge in [-0.3, -0.25) is 9.78 Å². The van der Waals surface area contributed by atoms with E-state index in [1.165, 1.54) is 11.3 Å². The largest absolute Gasteiger partial charge is 0.460 e. The van der Waals surface area contributed by atoms with Gasteiger partial charge in [-0.2, -0.15) is 0 Å². The van der Waals surface area contributed by atoms with E-state index in [4.69, 9.17) is 4.42 Å². The molecule has 0 aliphatic carbocycles. The molecule has 1 amide bonds. The highest BCUT2D eigenvalue weighted by Gasteiger charge is 2.10. The number of carbonyl (C=O) groups is 1. The smallest absolute Gasteiger partial charge is 0.226 e. The number of anilines is 1. The lowest BCUT2D eigenvalue weighted by Crippen LogP contribution is -2.12. The number of furan rings is 1. The van der Waals surface area contributed by atoms with Crippen LogP contribution in [0.2, 0.25) is 0 Å². The van der Waals surface area contributed by atoms with Crippen molar-refractivity contribution < 1.29 is 9.21 Å². The molecule has 0 saturated heterocycles. The maximum Gasteiger partial charge on any atom is 0.226 e. The van der Waals surface area contributed by atoms with Gasteiger partial charge < -0.3 is 9.73 Å². The second-order valence-electron chi connectivity index (χ2n) is 4.86. The number of nitrogens with zero attached hydrogens (tertiary/aromatic N) is 2. The standard InChI is InChI=1S/C16H15N3O2S/c1-11-4-6-14(21-11)13-10-22-16(18-13)19-15(20)7-5-12-3-2-8-17-9-12/h2-4,6,8-10H,5,7H2,1H3,(H,18,19,20). The molecule has 0 aliphatic rings. The van der Waals surface area contributed by atoms with Gasteiger partial charge in [0.1, 0.15) is 11.5 Å². The Labute approximate surface area is 132 Å². The molecule has 1 N–H and O–H groups in total. The molecule has 5 nitrogen and oxygen atoms in total. The molecule has 0 atom stereocenters. The Morgan fingerprint density at radius 2 is 2.27 bits per heavy atom. The minimum absolute atomic E-state index is 0.0552. The third kappa shape index (κ3) is 3.59. The first-order chi connectivity index (χ1) is 10.7. The summed E-state index contributed by atoms with van der Waals surface area (Å²) < 4.78 is 5.52. The van der Waals surface area contributed by atoms with E-state index in [9.17, 15) is 4.79 Å². The van der Waals surface area contributed by atoms with Crippen LogP contribution < -0.4 is 5.32 Å². The Hall–Kier alpha value is -2.47. The fourth-order valence-electron chi connectivity index (χ4n) is 2.00. The van der Waals surface area contributed by atoms with E-state index in [1.807, 2.05) is 36.6 Å². The average molecular weight is 313 g/mol. The van der Waals surface area contributed by atoms with Gasteiger partial charge >= 0.3 is 0 Å². The Morgan fingerprint density at radius 3 is 3.00 bits per heavy atom.